The summed E-state index contributed by atoms with van der Waals surface area (Å²) < 4.78 is 10.1. The summed E-state index contributed by atoms with van der Waals surface area (Å²) in [5, 5.41) is 11.1. The van der Waals surface area contributed by atoms with Crippen molar-refractivity contribution in [1.29, 1.82) is 0 Å². The van der Waals surface area contributed by atoms with Crippen LogP contribution in [-0.2, 0) is 14.3 Å². The molecule has 0 atom stereocenters. The first-order valence-corrected chi connectivity index (χ1v) is 6.01. The highest BCUT2D eigenvalue weighted by molar-refractivity contribution is 5.85. The van der Waals surface area contributed by atoms with Crippen LogP contribution in [0.25, 0.3) is 6.08 Å². The number of carboxylic acid groups (broad SMARTS) is 1. The monoisotopic (exact) mass is 279 g/mol. The van der Waals surface area contributed by atoms with Crippen LogP contribution >= 0.6 is 0 Å². The van der Waals surface area contributed by atoms with Gasteiger partial charge in [-0.05, 0) is 23.8 Å². The Bertz CT molecular complexity index is 467. The molecule has 1 aromatic carbocycles. The average molecular weight is 279 g/mol. The zero-order chi connectivity index (χ0) is 14.8. The number of benzene rings is 1. The van der Waals surface area contributed by atoms with E-state index in [-0.39, 0.29) is 12.5 Å². The molecule has 0 radical (unpaired) electrons. The van der Waals surface area contributed by atoms with E-state index >= 15 is 0 Å². The Balaban J connectivity index is 2.38. The van der Waals surface area contributed by atoms with Crippen LogP contribution in [0.1, 0.15) is 5.56 Å². The van der Waals surface area contributed by atoms with Crippen molar-refractivity contribution in [3.05, 3.63) is 35.9 Å². The van der Waals surface area contributed by atoms with Crippen molar-refractivity contribution in [3.8, 4) is 5.75 Å². The van der Waals surface area contributed by atoms with E-state index in [0.717, 1.165) is 11.6 Å². The summed E-state index contributed by atoms with van der Waals surface area (Å²) in [5.74, 6) is -0.686. The van der Waals surface area contributed by atoms with Crippen LogP contribution in [-0.4, -0.2) is 43.9 Å². The maximum absolute atomic E-state index is 11.4. The van der Waals surface area contributed by atoms with Gasteiger partial charge in [0.1, 0.15) is 5.75 Å². The Morgan fingerprint density at radius 2 is 2.00 bits per heavy atom. The van der Waals surface area contributed by atoms with Gasteiger partial charge in [-0.15, -0.1) is 0 Å². The second-order valence-corrected chi connectivity index (χ2v) is 3.87. The van der Waals surface area contributed by atoms with Gasteiger partial charge in [-0.25, -0.2) is 4.79 Å². The number of carbonyl (C=O) groups is 2. The highest BCUT2D eigenvalue weighted by atomic mass is 16.5. The van der Waals surface area contributed by atoms with E-state index in [2.05, 4.69) is 5.32 Å². The molecule has 0 aliphatic carbocycles. The van der Waals surface area contributed by atoms with Gasteiger partial charge < -0.3 is 19.9 Å². The predicted molar refractivity (Wildman–Crippen MR) is 73.5 cm³/mol. The first-order valence-electron chi connectivity index (χ1n) is 6.01. The standard InChI is InChI=1S/C14H17NO5/c1-19-9-8-15-13(16)10-20-12-5-2-11(3-6-12)4-7-14(17)18/h2-7H,8-10H2,1H3,(H,15,16)(H,17,18). The summed E-state index contributed by atoms with van der Waals surface area (Å²) >= 11 is 0. The van der Waals surface area contributed by atoms with Crippen molar-refractivity contribution in [2.75, 3.05) is 26.9 Å². The van der Waals surface area contributed by atoms with Gasteiger partial charge in [-0.2, -0.15) is 0 Å². The lowest BCUT2D eigenvalue weighted by Crippen LogP contribution is -2.31. The van der Waals surface area contributed by atoms with Gasteiger partial charge in [-0.1, -0.05) is 12.1 Å². The maximum Gasteiger partial charge on any atom is 0.328 e. The van der Waals surface area contributed by atoms with Crippen molar-refractivity contribution in [2.45, 2.75) is 0 Å². The molecule has 1 amide bonds. The average Bonchev–Trinajstić information content (AvgIpc) is 2.44. The molecule has 1 aromatic rings. The van der Waals surface area contributed by atoms with Crippen LogP contribution in [0.3, 0.4) is 0 Å². The number of methoxy groups -OCH3 is 1. The fourth-order valence-electron chi connectivity index (χ4n) is 1.34. The maximum atomic E-state index is 11.4. The van der Waals surface area contributed by atoms with Crippen LogP contribution in [0.5, 0.6) is 5.75 Å². The van der Waals surface area contributed by atoms with Crippen LogP contribution in [0.4, 0.5) is 0 Å². The minimum Gasteiger partial charge on any atom is -0.484 e. The van der Waals surface area contributed by atoms with Gasteiger partial charge in [0.25, 0.3) is 5.91 Å². The molecule has 0 saturated carbocycles. The van der Waals surface area contributed by atoms with Gasteiger partial charge in [0.2, 0.25) is 0 Å². The number of carbonyl (C=O) groups excluding carboxylic acids is 1. The second-order valence-electron chi connectivity index (χ2n) is 3.87. The van der Waals surface area contributed by atoms with Crippen molar-refractivity contribution in [2.24, 2.45) is 0 Å². The Kier molecular flexibility index (Phi) is 6.84. The molecule has 0 unspecified atom stereocenters. The number of amides is 1. The third-order valence-corrected chi connectivity index (χ3v) is 2.30. The minimum absolute atomic E-state index is 0.0754. The van der Waals surface area contributed by atoms with Gasteiger partial charge in [0.15, 0.2) is 6.61 Å². The largest absolute Gasteiger partial charge is 0.484 e. The Labute approximate surface area is 117 Å². The molecule has 0 aliphatic rings. The molecular weight excluding hydrogens is 262 g/mol. The number of carboxylic acids is 1. The lowest BCUT2D eigenvalue weighted by atomic mass is 10.2. The van der Waals surface area contributed by atoms with Crippen LogP contribution in [0.2, 0.25) is 0 Å². The summed E-state index contributed by atoms with van der Waals surface area (Å²) in [6, 6.07) is 6.75. The number of hydrogen-bond acceptors (Lipinski definition) is 4. The van der Waals surface area contributed by atoms with Crippen LogP contribution < -0.4 is 10.1 Å². The minimum atomic E-state index is -1.00. The fourth-order valence-corrected chi connectivity index (χ4v) is 1.34. The zero-order valence-electron chi connectivity index (χ0n) is 11.2. The van der Waals surface area contributed by atoms with Gasteiger partial charge in [0.05, 0.1) is 6.61 Å². The number of ether oxygens (including phenoxy) is 2. The molecule has 0 aromatic heterocycles. The van der Waals surface area contributed by atoms with E-state index < -0.39 is 5.97 Å². The SMILES string of the molecule is COCCNC(=O)COc1ccc(C=CC(=O)O)cc1. The Morgan fingerprint density at radius 3 is 2.60 bits per heavy atom. The zero-order valence-corrected chi connectivity index (χ0v) is 11.2. The third-order valence-electron chi connectivity index (χ3n) is 2.30. The molecule has 0 fully saturated rings. The van der Waals surface area contributed by atoms with E-state index in [1.807, 2.05) is 0 Å². The molecule has 0 bridgehead atoms. The predicted octanol–water partition coefficient (Wildman–Crippen LogP) is 0.926. The highest BCUT2D eigenvalue weighted by Crippen LogP contribution is 2.13. The second kappa shape index (κ2) is 8.71. The summed E-state index contributed by atoms with van der Waals surface area (Å²) in [6.45, 7) is 0.821. The third kappa shape index (κ3) is 6.55. The molecule has 0 saturated heterocycles. The van der Waals surface area contributed by atoms with Gasteiger partial charge >= 0.3 is 5.97 Å². The quantitative estimate of drug-likeness (QED) is 0.546. The fraction of sp³-hybridized carbons (Fsp3) is 0.286. The first kappa shape index (κ1) is 15.7. The van der Waals surface area contributed by atoms with Crippen molar-refractivity contribution < 1.29 is 24.2 Å². The summed E-state index contributed by atoms with van der Waals surface area (Å²) in [4.78, 5) is 21.7. The molecule has 6 heteroatoms. The van der Waals surface area contributed by atoms with Crippen molar-refractivity contribution in [1.82, 2.24) is 5.32 Å². The van der Waals surface area contributed by atoms with Crippen molar-refractivity contribution in [3.63, 3.8) is 0 Å². The lowest BCUT2D eigenvalue weighted by molar-refractivity contribution is -0.131. The van der Waals surface area contributed by atoms with E-state index in [1.54, 1.807) is 31.4 Å². The number of hydrogen-bond donors (Lipinski definition) is 2. The summed E-state index contributed by atoms with van der Waals surface area (Å²) in [6.07, 6.45) is 2.53. The van der Waals surface area contributed by atoms with Crippen LogP contribution in [0.15, 0.2) is 30.3 Å². The highest BCUT2D eigenvalue weighted by Gasteiger charge is 2.01. The van der Waals surface area contributed by atoms with Gasteiger partial charge in [-0.3, -0.25) is 4.79 Å². The normalized spacial score (nSPS) is 10.4. The summed E-state index contributed by atoms with van der Waals surface area (Å²) in [5.41, 5.74) is 0.740. The Morgan fingerprint density at radius 1 is 1.30 bits per heavy atom. The lowest BCUT2D eigenvalue weighted by Gasteiger charge is -2.07. The van der Waals surface area contributed by atoms with Crippen LogP contribution in [0, 0.1) is 0 Å². The molecule has 0 aliphatic heterocycles. The molecule has 6 nitrogen and oxygen atoms in total. The molecule has 0 spiro atoms. The number of aliphatic carboxylic acids is 1. The molecule has 20 heavy (non-hydrogen) atoms. The molecule has 2 N–H and O–H groups in total. The number of nitrogens with one attached hydrogen (secondary N) is 1. The first-order chi connectivity index (χ1) is 9.61. The topological polar surface area (TPSA) is 84.9 Å². The molecule has 108 valence electrons. The summed E-state index contributed by atoms with van der Waals surface area (Å²) in [7, 11) is 1.56. The molecule has 0 heterocycles. The van der Waals surface area contributed by atoms with E-state index in [9.17, 15) is 9.59 Å². The molecular formula is C14H17NO5. The molecule has 1 rings (SSSR count). The van der Waals surface area contributed by atoms with Gasteiger partial charge in [0, 0.05) is 19.7 Å². The van der Waals surface area contributed by atoms with E-state index in [0.29, 0.717) is 18.9 Å². The van der Waals surface area contributed by atoms with E-state index in [4.69, 9.17) is 14.6 Å². The number of rotatable bonds is 8. The van der Waals surface area contributed by atoms with E-state index in [1.165, 1.54) is 6.08 Å². The Hall–Kier alpha value is -2.34. The van der Waals surface area contributed by atoms with Crippen molar-refractivity contribution >= 4 is 18.0 Å². The smallest absolute Gasteiger partial charge is 0.328 e.